The van der Waals surface area contributed by atoms with Gasteiger partial charge in [0, 0.05) is 25.1 Å². The van der Waals surface area contributed by atoms with Crippen LogP contribution in [0.4, 0.5) is 10.3 Å². The molecule has 5 rings (SSSR count). The van der Waals surface area contributed by atoms with E-state index in [0.29, 0.717) is 49.2 Å². The lowest BCUT2D eigenvalue weighted by Gasteiger charge is -2.35. The third-order valence-corrected chi connectivity index (χ3v) is 6.10. The highest BCUT2D eigenvalue weighted by Gasteiger charge is 2.35. The van der Waals surface area contributed by atoms with E-state index in [2.05, 4.69) is 26.5 Å². The number of nitrogens with one attached hydrogen (secondary N) is 1. The van der Waals surface area contributed by atoms with Crippen molar-refractivity contribution >= 4 is 12.2 Å². The van der Waals surface area contributed by atoms with E-state index in [9.17, 15) is 9.65 Å². The molecule has 1 aliphatic heterocycles. The molecule has 0 saturated heterocycles. The van der Waals surface area contributed by atoms with Gasteiger partial charge in [0.1, 0.15) is 24.2 Å². The second-order valence-electron chi connectivity index (χ2n) is 8.45. The molecule has 0 atom stereocenters. The molecule has 3 aromatic rings. The number of rotatable bonds is 6. The minimum absolute atomic E-state index is 0.0577. The van der Waals surface area contributed by atoms with Gasteiger partial charge in [0.25, 0.3) is 0 Å². The fourth-order valence-corrected chi connectivity index (χ4v) is 4.36. The monoisotopic (exact) mass is 478 g/mol. The van der Waals surface area contributed by atoms with Crippen LogP contribution in [0, 0.1) is 17.1 Å². The van der Waals surface area contributed by atoms with Crippen LogP contribution < -0.4 is 15.0 Å². The first-order valence-corrected chi connectivity index (χ1v) is 11.5. The molecule has 1 aliphatic carbocycles. The molecule has 35 heavy (non-hydrogen) atoms. The van der Waals surface area contributed by atoms with E-state index in [4.69, 9.17) is 14.1 Å². The minimum Gasteiger partial charge on any atom is -0.489 e. The lowest BCUT2D eigenvalue weighted by molar-refractivity contribution is -0.106. The molecule has 0 bridgehead atoms. The van der Waals surface area contributed by atoms with Gasteiger partial charge in [-0.05, 0) is 50.4 Å². The van der Waals surface area contributed by atoms with Crippen molar-refractivity contribution < 1.29 is 18.4 Å². The summed E-state index contributed by atoms with van der Waals surface area (Å²) in [5.41, 5.74) is 3.61. The second kappa shape index (κ2) is 11.1. The van der Waals surface area contributed by atoms with Crippen LogP contribution >= 0.6 is 0 Å². The van der Waals surface area contributed by atoms with Crippen molar-refractivity contribution in [3.8, 4) is 11.8 Å². The van der Waals surface area contributed by atoms with Crippen molar-refractivity contribution in [3.63, 3.8) is 0 Å². The Morgan fingerprint density at radius 2 is 2.09 bits per heavy atom. The van der Waals surface area contributed by atoms with Crippen molar-refractivity contribution in [2.24, 2.45) is 0 Å². The molecule has 10 heteroatoms. The maximum atomic E-state index is 13.1. The first-order chi connectivity index (χ1) is 17.1. The van der Waals surface area contributed by atoms with Crippen LogP contribution in [0.15, 0.2) is 35.1 Å². The number of carbonyl (C=O) groups is 1. The average Bonchev–Trinajstić information content (AvgIpc) is 3.29. The molecule has 2 aromatic heterocycles. The minimum atomic E-state index is -0.458. The molecule has 1 aromatic carbocycles. The number of nitrogens with zero attached hydrogens (tertiary/aromatic N) is 5. The predicted octanol–water partition coefficient (Wildman–Crippen LogP) is 3.29. The third kappa shape index (κ3) is 5.46. The summed E-state index contributed by atoms with van der Waals surface area (Å²) in [6.07, 6.45) is 5.52. The van der Waals surface area contributed by atoms with Gasteiger partial charge in [-0.2, -0.15) is 5.26 Å². The molecule has 1 fully saturated rings. The Kier molecular flexibility index (Phi) is 7.67. The molecule has 1 N–H and O–H groups in total. The Hall–Kier alpha value is -3.84. The Balaban J connectivity index is 0.000000917. The number of carbonyl (C=O) groups excluding carboxylic acids is 1. The normalized spacial score (nSPS) is 18.4. The van der Waals surface area contributed by atoms with E-state index in [-0.39, 0.29) is 6.10 Å². The summed E-state index contributed by atoms with van der Waals surface area (Å²) in [6, 6.07) is 8.21. The van der Waals surface area contributed by atoms with E-state index >= 15 is 0 Å². The molecule has 1 saturated carbocycles. The number of aldehydes is 1. The average molecular weight is 479 g/mol. The number of hydrogen-bond donors (Lipinski definition) is 1. The summed E-state index contributed by atoms with van der Waals surface area (Å²) >= 11 is 0. The summed E-state index contributed by atoms with van der Waals surface area (Å²) in [5.74, 6) is 1.81. The summed E-state index contributed by atoms with van der Waals surface area (Å²) in [6.45, 7) is 3.33. The fourth-order valence-electron chi connectivity index (χ4n) is 4.36. The van der Waals surface area contributed by atoms with Gasteiger partial charge in [0.15, 0.2) is 11.6 Å². The Morgan fingerprint density at radius 1 is 1.34 bits per heavy atom. The quantitative estimate of drug-likeness (QED) is 0.533. The zero-order valence-corrected chi connectivity index (χ0v) is 19.7. The first-order valence-electron chi connectivity index (χ1n) is 11.5. The summed E-state index contributed by atoms with van der Waals surface area (Å²) in [7, 11) is 1.87. The molecule has 0 spiro atoms. The third-order valence-electron chi connectivity index (χ3n) is 6.10. The molecule has 182 valence electrons. The van der Waals surface area contributed by atoms with E-state index in [1.807, 2.05) is 30.1 Å². The number of benzene rings is 1. The predicted molar refractivity (Wildman–Crippen MR) is 125 cm³/mol. The molecule has 3 heterocycles. The molecular weight excluding hydrogens is 451 g/mol. The highest BCUT2D eigenvalue weighted by molar-refractivity contribution is 5.55. The smallest absolute Gasteiger partial charge is 0.225 e. The van der Waals surface area contributed by atoms with Crippen molar-refractivity contribution in [2.75, 3.05) is 18.5 Å². The van der Waals surface area contributed by atoms with Crippen LogP contribution in [0.25, 0.3) is 0 Å². The largest absolute Gasteiger partial charge is 0.489 e. The lowest BCUT2D eigenvalue weighted by Crippen LogP contribution is -2.34. The van der Waals surface area contributed by atoms with Gasteiger partial charge in [-0.25, -0.2) is 14.4 Å². The lowest BCUT2D eigenvalue weighted by atomic mass is 9.80. The van der Waals surface area contributed by atoms with Gasteiger partial charge in [-0.3, -0.25) is 0 Å². The molecule has 0 unspecified atom stereocenters. The maximum absolute atomic E-state index is 13.1. The van der Waals surface area contributed by atoms with Crippen molar-refractivity contribution in [3.05, 3.63) is 64.6 Å². The topological polar surface area (TPSA) is 117 Å². The second-order valence-corrected chi connectivity index (χ2v) is 8.45. The van der Waals surface area contributed by atoms with E-state index < -0.39 is 5.82 Å². The zero-order valence-electron chi connectivity index (χ0n) is 19.7. The van der Waals surface area contributed by atoms with Crippen molar-refractivity contribution in [1.82, 2.24) is 20.4 Å². The van der Waals surface area contributed by atoms with Crippen molar-refractivity contribution in [1.29, 1.82) is 5.26 Å². The number of halogens is 1. The summed E-state index contributed by atoms with van der Waals surface area (Å²) < 4.78 is 24.7. The van der Waals surface area contributed by atoms with Gasteiger partial charge >= 0.3 is 0 Å². The summed E-state index contributed by atoms with van der Waals surface area (Å²) in [4.78, 5) is 18.9. The molecule has 0 radical (unpaired) electrons. The number of aromatic nitrogens is 3. The molecular formula is C25H27FN6O3. The number of hydrogen-bond acceptors (Lipinski definition) is 9. The highest BCUT2D eigenvalue weighted by Crippen LogP contribution is 2.40. The van der Waals surface area contributed by atoms with Crippen LogP contribution in [0.1, 0.15) is 53.8 Å². The first kappa shape index (κ1) is 24.3. The van der Waals surface area contributed by atoms with Crippen LogP contribution in [0.3, 0.4) is 0 Å². The van der Waals surface area contributed by atoms with Crippen LogP contribution in [0.5, 0.6) is 5.75 Å². The van der Waals surface area contributed by atoms with Crippen molar-refractivity contribution in [2.45, 2.75) is 51.3 Å². The standard InChI is InChI=1S/C23H23FN6O2.C2H4O/c1-26-12-18-8-21(29-32-18)15-6-17(7-15)31-22-3-2-14-13-30(5-4-19(14)20(22)9-25)23-27-10-16(24)11-28-23;1-2-3/h2-3,8,10-11,15,17,26H,4-7,12-13H2,1H3;2H,1H3. The van der Waals surface area contributed by atoms with Crippen LogP contribution in [-0.2, 0) is 24.3 Å². The highest BCUT2D eigenvalue weighted by atomic mass is 19.1. The molecule has 9 nitrogen and oxygen atoms in total. The Bertz CT molecular complexity index is 1200. The van der Waals surface area contributed by atoms with Crippen LogP contribution in [0.2, 0.25) is 0 Å². The number of ether oxygens (including phenoxy) is 1. The van der Waals surface area contributed by atoms with Gasteiger partial charge in [0.2, 0.25) is 5.95 Å². The number of fused-ring (bicyclic) bond motifs is 1. The van der Waals surface area contributed by atoms with E-state index in [1.165, 1.54) is 19.3 Å². The van der Waals surface area contributed by atoms with Gasteiger partial charge in [0.05, 0.1) is 30.2 Å². The maximum Gasteiger partial charge on any atom is 0.225 e. The van der Waals surface area contributed by atoms with E-state index in [1.54, 1.807) is 0 Å². The number of nitriles is 1. The molecule has 0 amide bonds. The molecule has 2 aliphatic rings. The van der Waals surface area contributed by atoms with Gasteiger partial charge in [-0.1, -0.05) is 11.2 Å². The Morgan fingerprint density at radius 3 is 2.77 bits per heavy atom. The van der Waals surface area contributed by atoms with Gasteiger partial charge in [-0.15, -0.1) is 0 Å². The van der Waals surface area contributed by atoms with Crippen LogP contribution in [-0.4, -0.2) is 41.1 Å². The fraction of sp³-hybridized carbons (Fsp3) is 0.400. The summed E-state index contributed by atoms with van der Waals surface area (Å²) in [5, 5.41) is 17.1. The Labute approximate surface area is 202 Å². The zero-order chi connectivity index (χ0) is 24.8. The van der Waals surface area contributed by atoms with E-state index in [0.717, 1.165) is 41.7 Å². The van der Waals surface area contributed by atoms with Gasteiger partial charge < -0.3 is 24.3 Å². The number of anilines is 1. The SMILES string of the molecule is CC=O.CNCc1cc(C2CC(Oc3ccc4c(c3C#N)CCN(c3ncc(F)cn3)C4)C2)no1.